The van der Waals surface area contributed by atoms with Crippen molar-refractivity contribution in [2.45, 2.75) is 18.9 Å². The van der Waals surface area contributed by atoms with Gasteiger partial charge in [0.2, 0.25) is 5.95 Å². The molecule has 0 atom stereocenters. The zero-order valence-electron chi connectivity index (χ0n) is 10.9. The Kier molecular flexibility index (Phi) is 3.94. The minimum atomic E-state index is 0.336. The maximum atomic E-state index is 10.9. The Bertz CT molecular complexity index is 689. The first-order valence-corrected chi connectivity index (χ1v) is 7.23. The molecule has 1 aromatic carbocycles. The van der Waals surface area contributed by atoms with Crippen molar-refractivity contribution in [3.63, 3.8) is 0 Å². The third kappa shape index (κ3) is 3.25. The summed E-state index contributed by atoms with van der Waals surface area (Å²) < 4.78 is 0. The maximum absolute atomic E-state index is 10.9. The lowest BCUT2D eigenvalue weighted by Crippen LogP contribution is -2.06. The first-order valence-electron chi connectivity index (χ1n) is 6.47. The van der Waals surface area contributed by atoms with Gasteiger partial charge in [0.1, 0.15) is 5.02 Å². The van der Waals surface area contributed by atoms with Crippen molar-refractivity contribution in [1.29, 1.82) is 0 Å². The van der Waals surface area contributed by atoms with E-state index in [2.05, 4.69) is 20.6 Å². The van der Waals surface area contributed by atoms with Gasteiger partial charge < -0.3 is 10.6 Å². The Morgan fingerprint density at radius 1 is 1.29 bits per heavy atom. The molecule has 1 aliphatic carbocycles. The van der Waals surface area contributed by atoms with Gasteiger partial charge in [-0.25, -0.2) is 4.98 Å². The first-order chi connectivity index (χ1) is 10.2. The Labute approximate surface area is 131 Å². The van der Waals surface area contributed by atoms with Crippen molar-refractivity contribution in [2.24, 2.45) is 0 Å². The molecule has 0 spiro atoms. The zero-order valence-corrected chi connectivity index (χ0v) is 12.4. The number of rotatable bonds is 5. The second-order valence-corrected chi connectivity index (χ2v) is 5.55. The van der Waals surface area contributed by atoms with Gasteiger partial charge in [-0.05, 0) is 18.9 Å². The normalized spacial score (nSPS) is 13.8. The number of aromatic nitrogens is 2. The van der Waals surface area contributed by atoms with E-state index in [0.717, 1.165) is 12.8 Å². The van der Waals surface area contributed by atoms with Gasteiger partial charge in [0, 0.05) is 11.6 Å². The zero-order chi connectivity index (χ0) is 14.8. The van der Waals surface area contributed by atoms with Gasteiger partial charge in [0.25, 0.3) is 0 Å². The van der Waals surface area contributed by atoms with E-state index in [-0.39, 0.29) is 0 Å². The smallest absolute Gasteiger partial charge is 0.229 e. The molecule has 0 aliphatic heterocycles. The Morgan fingerprint density at radius 3 is 2.81 bits per heavy atom. The van der Waals surface area contributed by atoms with Crippen LogP contribution < -0.4 is 10.6 Å². The number of hydrogen-bond donors (Lipinski definition) is 2. The fourth-order valence-electron chi connectivity index (χ4n) is 1.81. The molecular weight excluding hydrogens is 311 g/mol. The molecule has 0 unspecified atom stereocenters. The average molecular weight is 323 g/mol. The van der Waals surface area contributed by atoms with Gasteiger partial charge in [0.05, 0.1) is 16.9 Å². The molecule has 0 amide bonds. The van der Waals surface area contributed by atoms with Crippen molar-refractivity contribution < 1.29 is 4.79 Å². The van der Waals surface area contributed by atoms with Crippen LogP contribution >= 0.6 is 23.2 Å². The summed E-state index contributed by atoms with van der Waals surface area (Å²) in [5.41, 5.74) is 0.980. The molecule has 0 bridgehead atoms. The van der Waals surface area contributed by atoms with Crippen LogP contribution in [0.5, 0.6) is 0 Å². The number of nitrogens with zero attached hydrogens (tertiary/aromatic N) is 2. The molecule has 1 aliphatic rings. The molecule has 7 heteroatoms. The molecule has 1 aromatic heterocycles. The van der Waals surface area contributed by atoms with Crippen molar-refractivity contribution in [3.8, 4) is 0 Å². The third-order valence-corrected chi connectivity index (χ3v) is 3.76. The number of hydrogen-bond acceptors (Lipinski definition) is 5. The van der Waals surface area contributed by atoms with Gasteiger partial charge >= 0.3 is 0 Å². The number of anilines is 3. The number of halogens is 2. The summed E-state index contributed by atoms with van der Waals surface area (Å²) in [4.78, 5) is 19.3. The summed E-state index contributed by atoms with van der Waals surface area (Å²) in [7, 11) is 0. The highest BCUT2D eigenvalue weighted by molar-refractivity contribution is 6.35. The van der Waals surface area contributed by atoms with E-state index in [1.807, 2.05) is 0 Å². The molecule has 3 rings (SSSR count). The van der Waals surface area contributed by atoms with E-state index in [0.29, 0.717) is 45.4 Å². The van der Waals surface area contributed by atoms with Gasteiger partial charge in [-0.1, -0.05) is 35.3 Å². The van der Waals surface area contributed by atoms with Crippen LogP contribution in [-0.2, 0) is 0 Å². The van der Waals surface area contributed by atoms with E-state index >= 15 is 0 Å². The van der Waals surface area contributed by atoms with Crippen LogP contribution in [-0.4, -0.2) is 22.3 Å². The third-order valence-electron chi connectivity index (χ3n) is 3.06. The summed E-state index contributed by atoms with van der Waals surface area (Å²) in [6, 6.07) is 5.56. The highest BCUT2D eigenvalue weighted by Crippen LogP contribution is 2.30. The van der Waals surface area contributed by atoms with Crippen molar-refractivity contribution >= 4 is 46.9 Å². The van der Waals surface area contributed by atoms with E-state index < -0.39 is 0 Å². The van der Waals surface area contributed by atoms with Crippen LogP contribution in [0.3, 0.4) is 0 Å². The van der Waals surface area contributed by atoms with Crippen LogP contribution in [0, 0.1) is 0 Å². The fourth-order valence-corrected chi connectivity index (χ4v) is 2.17. The number of benzene rings is 1. The molecule has 2 aromatic rings. The standard InChI is InChI=1S/C14H12Cl2N4O/c15-10-6-17-14(20-13(10)18-9-4-5-9)19-11-3-1-2-8(7-21)12(11)16/h1-3,6-7,9H,4-5H2,(H2,17,18,19,20). The van der Waals surface area contributed by atoms with Crippen LogP contribution in [0.1, 0.15) is 23.2 Å². The summed E-state index contributed by atoms with van der Waals surface area (Å²) in [5, 5.41) is 7.04. The van der Waals surface area contributed by atoms with Crippen LogP contribution in [0.25, 0.3) is 0 Å². The molecule has 0 saturated heterocycles. The highest BCUT2D eigenvalue weighted by atomic mass is 35.5. The largest absolute Gasteiger partial charge is 0.366 e. The lowest BCUT2D eigenvalue weighted by molar-refractivity contribution is 0.112. The molecular formula is C14H12Cl2N4O. The second-order valence-electron chi connectivity index (χ2n) is 4.76. The van der Waals surface area contributed by atoms with Gasteiger partial charge in [-0.2, -0.15) is 4.98 Å². The lowest BCUT2D eigenvalue weighted by Gasteiger charge is -2.11. The van der Waals surface area contributed by atoms with Crippen molar-refractivity contribution in [1.82, 2.24) is 9.97 Å². The van der Waals surface area contributed by atoms with E-state index in [1.54, 1.807) is 18.2 Å². The van der Waals surface area contributed by atoms with E-state index in [1.165, 1.54) is 6.20 Å². The molecule has 5 nitrogen and oxygen atoms in total. The number of carbonyl (C=O) groups is 1. The highest BCUT2D eigenvalue weighted by Gasteiger charge is 2.22. The molecule has 21 heavy (non-hydrogen) atoms. The molecule has 0 radical (unpaired) electrons. The van der Waals surface area contributed by atoms with Crippen LogP contribution in [0.4, 0.5) is 17.5 Å². The summed E-state index contributed by atoms with van der Waals surface area (Å²) >= 11 is 12.2. The molecule has 1 fully saturated rings. The fraction of sp³-hybridized carbons (Fsp3) is 0.214. The minimum Gasteiger partial charge on any atom is -0.366 e. The number of aldehydes is 1. The number of carbonyl (C=O) groups excluding carboxylic acids is 1. The monoisotopic (exact) mass is 322 g/mol. The minimum absolute atomic E-state index is 0.336. The Hall–Kier alpha value is -1.85. The summed E-state index contributed by atoms with van der Waals surface area (Å²) in [6.45, 7) is 0. The molecule has 2 N–H and O–H groups in total. The van der Waals surface area contributed by atoms with E-state index in [4.69, 9.17) is 23.2 Å². The summed E-state index contributed by atoms with van der Waals surface area (Å²) in [5.74, 6) is 0.965. The SMILES string of the molecule is O=Cc1cccc(Nc2ncc(Cl)c(NC3CC3)n2)c1Cl. The molecule has 108 valence electrons. The summed E-state index contributed by atoms with van der Waals surface area (Å²) in [6.07, 6.45) is 4.47. The number of nitrogens with one attached hydrogen (secondary N) is 2. The van der Waals surface area contributed by atoms with Gasteiger partial charge in [-0.15, -0.1) is 0 Å². The van der Waals surface area contributed by atoms with E-state index in [9.17, 15) is 4.79 Å². The lowest BCUT2D eigenvalue weighted by atomic mass is 10.2. The van der Waals surface area contributed by atoms with Crippen molar-refractivity contribution in [2.75, 3.05) is 10.6 Å². The molecule has 1 saturated carbocycles. The second kappa shape index (κ2) is 5.87. The van der Waals surface area contributed by atoms with Gasteiger partial charge in [0.15, 0.2) is 12.1 Å². The maximum Gasteiger partial charge on any atom is 0.229 e. The Balaban J connectivity index is 1.85. The Morgan fingerprint density at radius 2 is 2.10 bits per heavy atom. The predicted molar refractivity (Wildman–Crippen MR) is 83.8 cm³/mol. The average Bonchev–Trinajstić information content (AvgIpc) is 3.29. The molecule has 1 heterocycles. The van der Waals surface area contributed by atoms with Crippen LogP contribution in [0.15, 0.2) is 24.4 Å². The van der Waals surface area contributed by atoms with Crippen molar-refractivity contribution in [3.05, 3.63) is 40.0 Å². The van der Waals surface area contributed by atoms with Gasteiger partial charge in [-0.3, -0.25) is 4.79 Å². The predicted octanol–water partition coefficient (Wildman–Crippen LogP) is 3.91. The topological polar surface area (TPSA) is 66.9 Å². The quantitative estimate of drug-likeness (QED) is 0.817. The van der Waals surface area contributed by atoms with Crippen LogP contribution in [0.2, 0.25) is 10.0 Å². The first kappa shape index (κ1) is 14.1.